The minimum Gasteiger partial charge on any atom is -0.477 e. The van der Waals surface area contributed by atoms with Gasteiger partial charge in [-0.25, -0.2) is 4.79 Å². The number of benzene rings is 1. The van der Waals surface area contributed by atoms with Gasteiger partial charge in [-0.3, -0.25) is 4.79 Å². The van der Waals surface area contributed by atoms with E-state index in [-0.39, 0.29) is 28.5 Å². The number of hydrogen-bond acceptors (Lipinski definition) is 3. The van der Waals surface area contributed by atoms with E-state index in [1.54, 1.807) is 6.07 Å². The molecule has 1 aromatic heterocycles. The first-order chi connectivity index (χ1) is 9.90. The summed E-state index contributed by atoms with van der Waals surface area (Å²) in [7, 11) is 0. The molecule has 0 unspecified atom stereocenters. The van der Waals surface area contributed by atoms with Crippen LogP contribution in [-0.4, -0.2) is 28.0 Å². The van der Waals surface area contributed by atoms with Gasteiger partial charge in [0.1, 0.15) is 11.4 Å². The molecule has 1 N–H and O–H groups in total. The summed E-state index contributed by atoms with van der Waals surface area (Å²) in [6, 6.07) is 6.93. The van der Waals surface area contributed by atoms with E-state index in [1.807, 2.05) is 0 Å². The molecule has 0 aliphatic rings. The van der Waals surface area contributed by atoms with Gasteiger partial charge in [0.25, 0.3) is 0 Å². The third-order valence-electron chi connectivity index (χ3n) is 2.79. The lowest BCUT2D eigenvalue weighted by Crippen LogP contribution is -2.09. The molecule has 110 valence electrons. The van der Waals surface area contributed by atoms with Crippen molar-refractivity contribution in [2.45, 2.75) is 13.5 Å². The summed E-state index contributed by atoms with van der Waals surface area (Å²) in [6.45, 7) is -1.75. The maximum Gasteiger partial charge on any atom is 0.387 e. The van der Waals surface area contributed by atoms with E-state index in [0.717, 1.165) is 4.57 Å². The Hall–Kier alpha value is -2.70. The number of rotatable bonds is 5. The van der Waals surface area contributed by atoms with Gasteiger partial charge >= 0.3 is 12.6 Å². The molecule has 0 saturated heterocycles. The molecule has 2 aromatic rings. The van der Waals surface area contributed by atoms with Gasteiger partial charge in [0.15, 0.2) is 5.78 Å². The van der Waals surface area contributed by atoms with Crippen LogP contribution in [0.5, 0.6) is 5.75 Å². The van der Waals surface area contributed by atoms with Crippen LogP contribution in [0.15, 0.2) is 36.5 Å². The van der Waals surface area contributed by atoms with Crippen LogP contribution in [0.4, 0.5) is 8.78 Å². The Morgan fingerprint density at radius 1 is 1.29 bits per heavy atom. The lowest BCUT2D eigenvalue weighted by atomic mass is 10.2. The van der Waals surface area contributed by atoms with Gasteiger partial charge in [-0.2, -0.15) is 8.78 Å². The number of carbonyl (C=O) groups excluding carboxylic acids is 1. The molecule has 0 amide bonds. The zero-order valence-electron chi connectivity index (χ0n) is 10.9. The van der Waals surface area contributed by atoms with Gasteiger partial charge in [-0.15, -0.1) is 0 Å². The maximum absolute atomic E-state index is 12.4. The van der Waals surface area contributed by atoms with E-state index in [0.29, 0.717) is 0 Å². The highest BCUT2D eigenvalue weighted by atomic mass is 19.3. The van der Waals surface area contributed by atoms with Crippen molar-refractivity contribution in [1.82, 2.24) is 4.57 Å². The highest BCUT2D eigenvalue weighted by molar-refractivity contribution is 5.97. The van der Waals surface area contributed by atoms with Gasteiger partial charge in [-0.1, -0.05) is 12.1 Å². The molecule has 1 heterocycles. The smallest absolute Gasteiger partial charge is 0.387 e. The second kappa shape index (κ2) is 5.74. The molecular formula is C14H11F2NO4. The molecule has 0 atom stereocenters. The monoisotopic (exact) mass is 295 g/mol. The lowest BCUT2D eigenvalue weighted by Gasteiger charge is -2.12. The fourth-order valence-corrected chi connectivity index (χ4v) is 1.87. The van der Waals surface area contributed by atoms with Crippen LogP contribution in [0.25, 0.3) is 5.69 Å². The molecule has 5 nitrogen and oxygen atoms in total. The molecule has 0 fully saturated rings. The van der Waals surface area contributed by atoms with Crippen LogP contribution in [0.3, 0.4) is 0 Å². The molecule has 7 heteroatoms. The highest BCUT2D eigenvalue weighted by Crippen LogP contribution is 2.27. The second-order valence-corrected chi connectivity index (χ2v) is 4.19. The number of aromatic nitrogens is 1. The number of aromatic carboxylic acids is 1. The first-order valence-electron chi connectivity index (χ1n) is 5.91. The Morgan fingerprint density at radius 3 is 2.52 bits per heavy atom. The highest BCUT2D eigenvalue weighted by Gasteiger charge is 2.19. The minimum atomic E-state index is -3.04. The van der Waals surface area contributed by atoms with Crippen molar-refractivity contribution in [3.8, 4) is 11.4 Å². The molecule has 0 saturated carbocycles. The summed E-state index contributed by atoms with van der Waals surface area (Å²) < 4.78 is 30.3. The number of carboxylic acid groups (broad SMARTS) is 1. The second-order valence-electron chi connectivity index (χ2n) is 4.19. The van der Waals surface area contributed by atoms with Crippen LogP contribution >= 0.6 is 0 Å². The minimum absolute atomic E-state index is 0.114. The quantitative estimate of drug-likeness (QED) is 0.861. The van der Waals surface area contributed by atoms with E-state index in [2.05, 4.69) is 4.74 Å². The van der Waals surface area contributed by atoms with Crippen LogP contribution in [-0.2, 0) is 0 Å². The van der Waals surface area contributed by atoms with Gasteiger partial charge in [0.05, 0.1) is 5.69 Å². The number of carbonyl (C=O) groups is 2. The third kappa shape index (κ3) is 3.07. The Kier molecular flexibility index (Phi) is 4.02. The van der Waals surface area contributed by atoms with Crippen molar-refractivity contribution in [2.24, 2.45) is 0 Å². The number of alkyl halides is 2. The standard InChI is InChI=1S/C14H11F2NO4/c1-8(18)9-6-11(13(19)20)17(7-9)10-4-2-3-5-12(10)21-14(15)16/h2-7,14H,1H3,(H,19,20). The number of hydrogen-bond donors (Lipinski definition) is 1. The molecule has 0 aliphatic carbocycles. The van der Waals surface area contributed by atoms with E-state index in [9.17, 15) is 23.5 Å². The van der Waals surface area contributed by atoms with Gasteiger partial charge in [-0.05, 0) is 25.1 Å². The fraction of sp³-hybridized carbons (Fsp3) is 0.143. The maximum atomic E-state index is 12.4. The van der Waals surface area contributed by atoms with Crippen molar-refractivity contribution < 1.29 is 28.2 Å². The van der Waals surface area contributed by atoms with Gasteiger partial charge < -0.3 is 14.4 Å². The van der Waals surface area contributed by atoms with E-state index >= 15 is 0 Å². The van der Waals surface area contributed by atoms with Crippen molar-refractivity contribution in [3.05, 3.63) is 47.8 Å². The molecular weight excluding hydrogens is 284 g/mol. The summed E-state index contributed by atoms with van der Waals surface area (Å²) in [5, 5.41) is 9.17. The summed E-state index contributed by atoms with van der Waals surface area (Å²) in [5.74, 6) is -1.79. The predicted octanol–water partition coefficient (Wildman–Crippen LogP) is 2.98. The largest absolute Gasteiger partial charge is 0.477 e. The van der Waals surface area contributed by atoms with Crippen molar-refractivity contribution in [3.63, 3.8) is 0 Å². The summed E-state index contributed by atoms with van der Waals surface area (Å²) >= 11 is 0. The van der Waals surface area contributed by atoms with E-state index in [1.165, 1.54) is 37.4 Å². The SMILES string of the molecule is CC(=O)c1cc(C(=O)O)n(-c2ccccc2OC(F)F)c1. The summed E-state index contributed by atoms with van der Waals surface area (Å²) in [4.78, 5) is 22.6. The Balaban J connectivity index is 2.61. The number of ether oxygens (including phenoxy) is 1. The van der Waals surface area contributed by atoms with Gasteiger partial charge in [0, 0.05) is 11.8 Å². The first kappa shape index (κ1) is 14.7. The molecule has 0 spiro atoms. The lowest BCUT2D eigenvalue weighted by molar-refractivity contribution is -0.0498. The zero-order valence-corrected chi connectivity index (χ0v) is 10.9. The normalized spacial score (nSPS) is 10.7. The topological polar surface area (TPSA) is 68.5 Å². The number of Topliss-reactive ketones (excluding diaryl/α,β-unsaturated/α-hetero) is 1. The Labute approximate surface area is 118 Å². The number of ketones is 1. The molecule has 2 rings (SSSR count). The number of para-hydroxylation sites is 2. The van der Waals surface area contributed by atoms with Gasteiger partial charge in [0.2, 0.25) is 0 Å². The van der Waals surface area contributed by atoms with Crippen LogP contribution in [0, 0.1) is 0 Å². The molecule has 0 radical (unpaired) electrons. The van der Waals surface area contributed by atoms with Crippen molar-refractivity contribution in [1.29, 1.82) is 0 Å². The van der Waals surface area contributed by atoms with Crippen LogP contribution in [0.2, 0.25) is 0 Å². The summed E-state index contributed by atoms with van der Waals surface area (Å²) in [5.41, 5.74) is 0.0625. The molecule has 0 bridgehead atoms. The Bertz CT molecular complexity index is 694. The molecule has 0 aliphatic heterocycles. The average molecular weight is 295 g/mol. The predicted molar refractivity (Wildman–Crippen MR) is 69.4 cm³/mol. The zero-order chi connectivity index (χ0) is 15.6. The summed E-state index contributed by atoms with van der Waals surface area (Å²) in [6.07, 6.45) is 1.28. The average Bonchev–Trinajstić information content (AvgIpc) is 2.84. The van der Waals surface area contributed by atoms with Crippen LogP contribution < -0.4 is 4.74 Å². The Morgan fingerprint density at radius 2 is 1.95 bits per heavy atom. The fourth-order valence-electron chi connectivity index (χ4n) is 1.87. The first-order valence-corrected chi connectivity index (χ1v) is 5.91. The van der Waals surface area contributed by atoms with Crippen LogP contribution in [0.1, 0.15) is 27.8 Å². The molecule has 21 heavy (non-hydrogen) atoms. The number of nitrogens with zero attached hydrogens (tertiary/aromatic N) is 1. The number of carboxylic acids is 1. The van der Waals surface area contributed by atoms with Crippen molar-refractivity contribution in [2.75, 3.05) is 0 Å². The van der Waals surface area contributed by atoms with Crippen molar-refractivity contribution >= 4 is 11.8 Å². The third-order valence-corrected chi connectivity index (χ3v) is 2.79. The van der Waals surface area contributed by atoms with E-state index in [4.69, 9.17) is 0 Å². The number of halogens is 2. The molecule has 1 aromatic carbocycles. The van der Waals surface area contributed by atoms with E-state index < -0.39 is 12.6 Å².